The lowest BCUT2D eigenvalue weighted by Gasteiger charge is -2.05. The van der Waals surface area contributed by atoms with Crippen molar-refractivity contribution in [3.8, 4) is 11.3 Å². The van der Waals surface area contributed by atoms with E-state index in [-0.39, 0.29) is 11.3 Å². The molecule has 0 aliphatic heterocycles. The number of hydrogen-bond donors (Lipinski definition) is 0. The predicted octanol–water partition coefficient (Wildman–Crippen LogP) is 4.33. The van der Waals surface area contributed by atoms with Crippen LogP contribution in [0.1, 0.15) is 11.3 Å². The van der Waals surface area contributed by atoms with Crippen molar-refractivity contribution in [1.29, 1.82) is 0 Å². The third-order valence-electron chi connectivity index (χ3n) is 2.76. The van der Waals surface area contributed by atoms with Crippen molar-refractivity contribution < 1.29 is 27.1 Å². The highest BCUT2D eigenvalue weighted by Crippen LogP contribution is 2.37. The van der Waals surface area contributed by atoms with Gasteiger partial charge in [-0.15, -0.1) is 0 Å². The van der Waals surface area contributed by atoms with Gasteiger partial charge in [0.2, 0.25) is 5.76 Å². The Morgan fingerprint density at radius 1 is 1.29 bits per heavy atom. The molecule has 0 bridgehead atoms. The van der Waals surface area contributed by atoms with Crippen LogP contribution in [0.5, 0.6) is 0 Å². The second kappa shape index (κ2) is 5.81. The first-order valence-corrected chi connectivity index (χ1v) is 6.21. The molecule has 0 amide bonds. The minimum atomic E-state index is -4.69. The summed E-state index contributed by atoms with van der Waals surface area (Å²) in [5.74, 6) is -1.96. The molecule has 0 atom stereocenters. The van der Waals surface area contributed by atoms with Crippen LogP contribution in [0, 0.1) is 0 Å². The molecule has 1 heterocycles. The van der Waals surface area contributed by atoms with E-state index in [1.807, 2.05) is 0 Å². The summed E-state index contributed by atoms with van der Waals surface area (Å²) >= 11 is 5.72. The van der Waals surface area contributed by atoms with Crippen LogP contribution in [-0.2, 0) is 22.1 Å². The van der Waals surface area contributed by atoms with Crippen LogP contribution < -0.4 is 0 Å². The lowest BCUT2D eigenvalue weighted by molar-refractivity contribution is -0.153. The summed E-state index contributed by atoms with van der Waals surface area (Å²) in [6.07, 6.45) is -5.20. The van der Waals surface area contributed by atoms with Crippen molar-refractivity contribution >= 4 is 17.6 Å². The molecule has 0 saturated carbocycles. The largest absolute Gasteiger partial charge is 0.469 e. The standard InChI is InChI=1S/C14H10ClF3O3/c1-20-12(19)7-9-6-11(21-13(9)14(16,17)18)8-2-4-10(15)5-3-8/h2-6H,7H2,1H3. The Hall–Kier alpha value is -1.95. The van der Waals surface area contributed by atoms with Gasteiger partial charge in [0.25, 0.3) is 0 Å². The van der Waals surface area contributed by atoms with Gasteiger partial charge in [-0.05, 0) is 30.3 Å². The normalized spacial score (nSPS) is 11.5. The topological polar surface area (TPSA) is 39.4 Å². The molecule has 0 aliphatic carbocycles. The Morgan fingerprint density at radius 3 is 2.43 bits per heavy atom. The summed E-state index contributed by atoms with van der Waals surface area (Å²) in [7, 11) is 1.11. The van der Waals surface area contributed by atoms with Gasteiger partial charge in [0.05, 0.1) is 13.5 Å². The number of carbonyl (C=O) groups excluding carboxylic acids is 1. The molecule has 2 aromatic rings. The second-order valence-electron chi connectivity index (χ2n) is 4.22. The molecule has 21 heavy (non-hydrogen) atoms. The van der Waals surface area contributed by atoms with Crippen LogP contribution in [0.3, 0.4) is 0 Å². The second-order valence-corrected chi connectivity index (χ2v) is 4.66. The highest BCUT2D eigenvalue weighted by atomic mass is 35.5. The molecule has 3 nitrogen and oxygen atoms in total. The average molecular weight is 319 g/mol. The number of methoxy groups -OCH3 is 1. The molecule has 0 fully saturated rings. The summed E-state index contributed by atoms with van der Waals surface area (Å²) in [6.45, 7) is 0. The summed E-state index contributed by atoms with van der Waals surface area (Å²) in [4.78, 5) is 11.2. The van der Waals surface area contributed by atoms with E-state index in [9.17, 15) is 18.0 Å². The lowest BCUT2D eigenvalue weighted by Crippen LogP contribution is -2.11. The van der Waals surface area contributed by atoms with Gasteiger partial charge in [-0.3, -0.25) is 4.79 Å². The molecule has 0 saturated heterocycles. The van der Waals surface area contributed by atoms with Crippen LogP contribution >= 0.6 is 11.6 Å². The maximum atomic E-state index is 12.9. The van der Waals surface area contributed by atoms with E-state index >= 15 is 0 Å². The minimum Gasteiger partial charge on any atom is -0.469 e. The third-order valence-corrected chi connectivity index (χ3v) is 3.01. The van der Waals surface area contributed by atoms with Crippen molar-refractivity contribution in [3.63, 3.8) is 0 Å². The quantitative estimate of drug-likeness (QED) is 0.791. The Labute approximate surface area is 123 Å². The molecular formula is C14H10ClF3O3. The van der Waals surface area contributed by atoms with E-state index in [1.165, 1.54) is 30.3 Å². The third kappa shape index (κ3) is 3.58. The van der Waals surface area contributed by atoms with Crippen LogP contribution in [0.25, 0.3) is 11.3 Å². The predicted molar refractivity (Wildman–Crippen MR) is 69.9 cm³/mol. The number of ether oxygens (including phenoxy) is 1. The van der Waals surface area contributed by atoms with Gasteiger partial charge in [0.1, 0.15) is 5.76 Å². The van der Waals surface area contributed by atoms with Crippen molar-refractivity contribution in [2.45, 2.75) is 12.6 Å². The summed E-state index contributed by atoms with van der Waals surface area (Å²) in [5.41, 5.74) is 0.167. The van der Waals surface area contributed by atoms with Gasteiger partial charge in [0, 0.05) is 16.1 Å². The highest BCUT2D eigenvalue weighted by molar-refractivity contribution is 6.30. The molecule has 0 unspecified atom stereocenters. The van der Waals surface area contributed by atoms with Crippen LogP contribution in [0.2, 0.25) is 5.02 Å². The molecule has 2 rings (SSSR count). The first-order chi connectivity index (χ1) is 9.81. The fourth-order valence-corrected chi connectivity index (χ4v) is 1.91. The number of alkyl halides is 3. The van der Waals surface area contributed by atoms with Gasteiger partial charge in [0.15, 0.2) is 0 Å². The number of rotatable bonds is 3. The zero-order valence-corrected chi connectivity index (χ0v) is 11.6. The molecule has 0 aliphatic rings. The van der Waals surface area contributed by atoms with Crippen LogP contribution in [0.15, 0.2) is 34.7 Å². The average Bonchev–Trinajstić information content (AvgIpc) is 2.83. The Balaban J connectivity index is 2.45. The molecule has 1 aromatic carbocycles. The number of hydrogen-bond acceptors (Lipinski definition) is 3. The van der Waals surface area contributed by atoms with E-state index in [4.69, 9.17) is 16.0 Å². The van der Waals surface area contributed by atoms with Gasteiger partial charge >= 0.3 is 12.1 Å². The Kier molecular flexibility index (Phi) is 4.27. The van der Waals surface area contributed by atoms with E-state index < -0.39 is 24.3 Å². The molecular weight excluding hydrogens is 309 g/mol. The van der Waals surface area contributed by atoms with E-state index in [0.717, 1.165) is 7.11 Å². The maximum absolute atomic E-state index is 12.9. The zero-order valence-electron chi connectivity index (χ0n) is 10.8. The number of furan rings is 1. The summed E-state index contributed by atoms with van der Waals surface area (Å²) in [5, 5.41) is 0.455. The monoisotopic (exact) mass is 318 g/mol. The minimum absolute atomic E-state index is 0.0119. The number of esters is 1. The SMILES string of the molecule is COC(=O)Cc1cc(-c2ccc(Cl)cc2)oc1C(F)(F)F. The van der Waals surface area contributed by atoms with E-state index in [2.05, 4.69) is 4.74 Å². The summed E-state index contributed by atoms with van der Waals surface area (Å²) in [6, 6.07) is 7.31. The first kappa shape index (κ1) is 15.4. The molecule has 7 heteroatoms. The number of halogens is 4. The Morgan fingerprint density at radius 2 is 1.90 bits per heavy atom. The van der Waals surface area contributed by atoms with Crippen molar-refractivity contribution in [2.75, 3.05) is 7.11 Å². The van der Waals surface area contributed by atoms with E-state index in [0.29, 0.717) is 10.6 Å². The Bertz CT molecular complexity index is 644. The lowest BCUT2D eigenvalue weighted by atomic mass is 10.1. The fourth-order valence-electron chi connectivity index (χ4n) is 1.78. The van der Waals surface area contributed by atoms with E-state index in [1.54, 1.807) is 0 Å². The van der Waals surface area contributed by atoms with Crippen LogP contribution in [-0.4, -0.2) is 13.1 Å². The number of benzene rings is 1. The van der Waals surface area contributed by atoms with Crippen molar-refractivity contribution in [1.82, 2.24) is 0 Å². The van der Waals surface area contributed by atoms with Gasteiger partial charge in [-0.2, -0.15) is 13.2 Å². The molecule has 1 aromatic heterocycles. The van der Waals surface area contributed by atoms with Crippen molar-refractivity contribution in [3.05, 3.63) is 46.7 Å². The molecule has 0 spiro atoms. The molecule has 0 N–H and O–H groups in total. The van der Waals surface area contributed by atoms with Gasteiger partial charge < -0.3 is 9.15 Å². The van der Waals surface area contributed by atoms with Crippen LogP contribution in [0.4, 0.5) is 13.2 Å². The van der Waals surface area contributed by atoms with Gasteiger partial charge in [-0.25, -0.2) is 0 Å². The molecule has 0 radical (unpaired) electrons. The van der Waals surface area contributed by atoms with Gasteiger partial charge in [-0.1, -0.05) is 11.6 Å². The summed E-state index contributed by atoms with van der Waals surface area (Å²) < 4.78 is 48.0. The highest BCUT2D eigenvalue weighted by Gasteiger charge is 2.39. The van der Waals surface area contributed by atoms with Crippen molar-refractivity contribution in [2.24, 2.45) is 0 Å². The number of carbonyl (C=O) groups is 1. The smallest absolute Gasteiger partial charge is 0.449 e. The zero-order chi connectivity index (χ0) is 15.6. The molecule has 112 valence electrons. The first-order valence-electron chi connectivity index (χ1n) is 5.84. The fraction of sp³-hybridized carbons (Fsp3) is 0.214. The maximum Gasteiger partial charge on any atom is 0.449 e.